The molecule has 0 radical (unpaired) electrons. The van der Waals surface area contributed by atoms with Crippen LogP contribution >= 0.6 is 23.7 Å². The molecule has 1 unspecified atom stereocenters. The average molecular weight is 291 g/mol. The van der Waals surface area contributed by atoms with Crippen molar-refractivity contribution in [2.24, 2.45) is 0 Å². The van der Waals surface area contributed by atoms with Crippen LogP contribution in [0.4, 0.5) is 0 Å². The molecule has 1 amide bonds. The molecule has 4 nitrogen and oxygen atoms in total. The van der Waals surface area contributed by atoms with Gasteiger partial charge in [-0.25, -0.2) is 0 Å². The van der Waals surface area contributed by atoms with E-state index in [0.717, 1.165) is 13.1 Å². The van der Waals surface area contributed by atoms with Crippen molar-refractivity contribution in [2.45, 2.75) is 19.5 Å². The fraction of sp³-hybridized carbons (Fsp3) is 0.583. The Morgan fingerprint density at radius 3 is 3.06 bits per heavy atom. The van der Waals surface area contributed by atoms with Crippen molar-refractivity contribution in [3.8, 4) is 0 Å². The molecule has 1 saturated heterocycles. The minimum absolute atomic E-state index is 0. The first-order valence-corrected chi connectivity index (χ1v) is 6.81. The van der Waals surface area contributed by atoms with Gasteiger partial charge < -0.3 is 15.0 Å². The lowest BCUT2D eigenvalue weighted by atomic mass is 10.2. The molecular weight excluding hydrogens is 272 g/mol. The number of likely N-dealkylation sites (N-methyl/N-ethyl adjacent to an activating group) is 1. The number of morpholine rings is 1. The summed E-state index contributed by atoms with van der Waals surface area (Å²) in [7, 11) is 0. The van der Waals surface area contributed by atoms with Gasteiger partial charge in [-0.05, 0) is 18.4 Å². The number of nitrogens with zero attached hydrogens (tertiary/aromatic N) is 1. The van der Waals surface area contributed by atoms with Crippen LogP contribution in [0.2, 0.25) is 0 Å². The van der Waals surface area contributed by atoms with E-state index in [1.807, 2.05) is 23.3 Å². The summed E-state index contributed by atoms with van der Waals surface area (Å²) in [6.45, 7) is 5.38. The fourth-order valence-electron chi connectivity index (χ4n) is 1.88. The Hall–Kier alpha value is -0.620. The highest BCUT2D eigenvalue weighted by Crippen LogP contribution is 2.13. The van der Waals surface area contributed by atoms with Gasteiger partial charge in [0.1, 0.15) is 6.04 Å². The van der Waals surface area contributed by atoms with Crippen molar-refractivity contribution in [1.82, 2.24) is 10.2 Å². The van der Waals surface area contributed by atoms with Crippen molar-refractivity contribution in [1.29, 1.82) is 0 Å². The molecular formula is C12H19ClN2O2S. The lowest BCUT2D eigenvalue weighted by Gasteiger charge is -2.29. The van der Waals surface area contributed by atoms with Gasteiger partial charge in [0.15, 0.2) is 0 Å². The standard InChI is InChI=1S/C12H18N2O2S.ClH/c1-2-14(8-10-4-3-7-17-10)12(15)11-9-16-6-5-13-11;/h3-4,7,11,13H,2,5-6,8-9H2,1H3;1H. The molecule has 1 aliphatic rings. The molecule has 1 aromatic rings. The molecule has 1 N–H and O–H groups in total. The number of halogens is 1. The fourth-order valence-corrected chi connectivity index (χ4v) is 2.60. The maximum Gasteiger partial charge on any atom is 0.242 e. The van der Waals surface area contributed by atoms with E-state index in [2.05, 4.69) is 11.4 Å². The lowest BCUT2D eigenvalue weighted by Crippen LogP contribution is -2.52. The predicted molar refractivity (Wildman–Crippen MR) is 75.3 cm³/mol. The summed E-state index contributed by atoms with van der Waals surface area (Å²) in [4.78, 5) is 15.3. The zero-order valence-electron chi connectivity index (χ0n) is 10.4. The third-order valence-electron chi connectivity index (χ3n) is 2.84. The highest BCUT2D eigenvalue weighted by molar-refractivity contribution is 7.09. The Kier molecular flexibility index (Phi) is 6.63. The molecule has 102 valence electrons. The van der Waals surface area contributed by atoms with Gasteiger partial charge in [-0.1, -0.05) is 6.07 Å². The van der Waals surface area contributed by atoms with Crippen LogP contribution in [0.15, 0.2) is 17.5 Å². The summed E-state index contributed by atoms with van der Waals surface area (Å²) < 4.78 is 5.33. The molecule has 1 aromatic heterocycles. The third kappa shape index (κ3) is 3.95. The van der Waals surface area contributed by atoms with E-state index in [9.17, 15) is 4.79 Å². The van der Waals surface area contributed by atoms with E-state index < -0.39 is 0 Å². The van der Waals surface area contributed by atoms with Gasteiger partial charge in [-0.15, -0.1) is 23.7 Å². The third-order valence-corrected chi connectivity index (χ3v) is 3.70. The van der Waals surface area contributed by atoms with Gasteiger partial charge in [0.25, 0.3) is 0 Å². The summed E-state index contributed by atoms with van der Waals surface area (Å²) in [5.74, 6) is 0.139. The molecule has 18 heavy (non-hydrogen) atoms. The highest BCUT2D eigenvalue weighted by atomic mass is 35.5. The Bertz CT molecular complexity index is 353. The summed E-state index contributed by atoms with van der Waals surface area (Å²) in [5, 5.41) is 5.24. The number of hydrogen-bond donors (Lipinski definition) is 1. The van der Waals surface area contributed by atoms with Crippen molar-refractivity contribution in [3.63, 3.8) is 0 Å². The number of carbonyl (C=O) groups is 1. The molecule has 6 heteroatoms. The van der Waals surface area contributed by atoms with Crippen LogP contribution in [0, 0.1) is 0 Å². The molecule has 1 aliphatic heterocycles. The molecule has 0 saturated carbocycles. The first-order valence-electron chi connectivity index (χ1n) is 5.93. The molecule has 1 fully saturated rings. The van der Waals surface area contributed by atoms with Gasteiger partial charge >= 0.3 is 0 Å². The molecule has 2 heterocycles. The quantitative estimate of drug-likeness (QED) is 0.914. The summed E-state index contributed by atoms with van der Waals surface area (Å²) in [6, 6.07) is 3.90. The van der Waals surface area contributed by atoms with Gasteiger partial charge in [0, 0.05) is 18.0 Å². The van der Waals surface area contributed by atoms with Crippen LogP contribution in [0.25, 0.3) is 0 Å². The zero-order valence-corrected chi connectivity index (χ0v) is 12.1. The van der Waals surface area contributed by atoms with Crippen LogP contribution < -0.4 is 5.32 Å². The van der Waals surface area contributed by atoms with Crippen molar-refractivity contribution in [2.75, 3.05) is 26.3 Å². The topological polar surface area (TPSA) is 41.6 Å². The van der Waals surface area contributed by atoms with E-state index in [1.165, 1.54) is 4.88 Å². The average Bonchev–Trinajstić information content (AvgIpc) is 2.89. The Morgan fingerprint density at radius 1 is 1.67 bits per heavy atom. The normalized spacial score (nSPS) is 19.1. The van der Waals surface area contributed by atoms with Crippen molar-refractivity contribution in [3.05, 3.63) is 22.4 Å². The SMILES string of the molecule is CCN(Cc1cccs1)C(=O)C1COCCN1.Cl. The number of amides is 1. The van der Waals surface area contributed by atoms with Gasteiger partial charge in [-0.2, -0.15) is 0 Å². The number of hydrogen-bond acceptors (Lipinski definition) is 4. The second-order valence-corrected chi connectivity index (χ2v) is 5.05. The molecule has 0 aliphatic carbocycles. The highest BCUT2D eigenvalue weighted by Gasteiger charge is 2.25. The Balaban J connectivity index is 0.00000162. The molecule has 0 aromatic carbocycles. The number of nitrogens with one attached hydrogen (secondary N) is 1. The van der Waals surface area contributed by atoms with E-state index >= 15 is 0 Å². The van der Waals surface area contributed by atoms with Crippen molar-refractivity contribution < 1.29 is 9.53 Å². The minimum atomic E-state index is -0.177. The number of ether oxygens (including phenoxy) is 1. The van der Waals surface area contributed by atoms with Crippen LogP contribution in [0.5, 0.6) is 0 Å². The predicted octanol–water partition coefficient (Wildman–Crippen LogP) is 1.51. The van der Waals surface area contributed by atoms with Crippen LogP contribution in [0.3, 0.4) is 0 Å². The number of rotatable bonds is 4. The van der Waals surface area contributed by atoms with Crippen LogP contribution in [-0.4, -0.2) is 43.2 Å². The monoisotopic (exact) mass is 290 g/mol. The summed E-state index contributed by atoms with van der Waals surface area (Å²) in [5.41, 5.74) is 0. The number of thiophene rings is 1. The summed E-state index contributed by atoms with van der Waals surface area (Å²) >= 11 is 1.69. The van der Waals surface area contributed by atoms with E-state index in [0.29, 0.717) is 19.8 Å². The molecule has 0 spiro atoms. The van der Waals surface area contributed by atoms with Gasteiger partial charge in [0.05, 0.1) is 19.8 Å². The van der Waals surface area contributed by atoms with Gasteiger partial charge in [0.2, 0.25) is 5.91 Å². The van der Waals surface area contributed by atoms with E-state index in [1.54, 1.807) is 11.3 Å². The maximum atomic E-state index is 12.2. The van der Waals surface area contributed by atoms with Gasteiger partial charge in [-0.3, -0.25) is 4.79 Å². The van der Waals surface area contributed by atoms with E-state index in [-0.39, 0.29) is 24.4 Å². The molecule has 2 rings (SSSR count). The van der Waals surface area contributed by atoms with E-state index in [4.69, 9.17) is 4.74 Å². The first kappa shape index (κ1) is 15.4. The van der Waals surface area contributed by atoms with Crippen LogP contribution in [-0.2, 0) is 16.1 Å². The maximum absolute atomic E-state index is 12.2. The first-order chi connectivity index (χ1) is 8.31. The minimum Gasteiger partial charge on any atom is -0.378 e. The molecule has 0 bridgehead atoms. The Labute approximate surface area is 118 Å². The zero-order chi connectivity index (χ0) is 12.1. The summed E-state index contributed by atoms with van der Waals surface area (Å²) in [6.07, 6.45) is 0. The lowest BCUT2D eigenvalue weighted by molar-refractivity contribution is -0.136. The second-order valence-electron chi connectivity index (χ2n) is 4.01. The largest absolute Gasteiger partial charge is 0.378 e. The Morgan fingerprint density at radius 2 is 2.50 bits per heavy atom. The second kappa shape index (κ2) is 7.74. The number of carbonyl (C=O) groups excluding carboxylic acids is 1. The van der Waals surface area contributed by atoms with Crippen molar-refractivity contribution >= 4 is 29.7 Å². The molecule has 1 atom stereocenters. The smallest absolute Gasteiger partial charge is 0.242 e. The van der Waals surface area contributed by atoms with Crippen LogP contribution in [0.1, 0.15) is 11.8 Å².